The van der Waals surface area contributed by atoms with Gasteiger partial charge in [0.2, 0.25) is 11.8 Å². The van der Waals surface area contributed by atoms with Crippen LogP contribution in [0.25, 0.3) is 10.1 Å². The molecule has 0 spiro atoms. The summed E-state index contributed by atoms with van der Waals surface area (Å²) in [6, 6.07) is 9.26. The Balaban J connectivity index is 1.10. The molecule has 0 radical (unpaired) electrons. The van der Waals surface area contributed by atoms with Crippen LogP contribution in [-0.4, -0.2) is 88.9 Å². The van der Waals surface area contributed by atoms with Gasteiger partial charge in [-0.3, -0.25) is 28.7 Å². The second kappa shape index (κ2) is 15.7. The maximum atomic E-state index is 14.0. The van der Waals surface area contributed by atoms with E-state index in [1.807, 2.05) is 48.4 Å². The number of ether oxygens (including phenoxy) is 1. The molecule has 3 aliphatic rings. The highest BCUT2D eigenvalue weighted by Gasteiger charge is 2.47. The molecule has 2 N–H and O–H groups in total. The van der Waals surface area contributed by atoms with Gasteiger partial charge in [-0.15, -0.1) is 11.3 Å². The molecule has 50 heavy (non-hydrogen) atoms. The highest BCUT2D eigenvalue weighted by molar-refractivity contribution is 7.56. The number of benzene rings is 1. The van der Waals surface area contributed by atoms with E-state index in [1.165, 1.54) is 11.3 Å². The molecule has 5 atom stereocenters. The van der Waals surface area contributed by atoms with Crippen LogP contribution < -0.4 is 10.4 Å². The monoisotopic (exact) mass is 723 g/mol. The minimum Gasteiger partial charge on any atom is -0.465 e. The number of pyridine rings is 1. The molecule has 3 amide bonds. The van der Waals surface area contributed by atoms with Crippen molar-refractivity contribution in [2.75, 3.05) is 26.3 Å². The lowest BCUT2D eigenvalue weighted by Crippen LogP contribution is -2.58. The number of carbonyl (C=O) groups excluding carboxylic acids is 4. The summed E-state index contributed by atoms with van der Waals surface area (Å²) in [6.07, 6.45) is 7.85. The lowest BCUT2D eigenvalue weighted by molar-refractivity contribution is -0.148. The Labute approximate surface area is 296 Å². The molecular weight excluding hydrogens is 677 g/mol. The first-order chi connectivity index (χ1) is 24.1. The van der Waals surface area contributed by atoms with Crippen LogP contribution in [0.3, 0.4) is 0 Å². The van der Waals surface area contributed by atoms with E-state index >= 15 is 0 Å². The molecule has 5 heterocycles. The third-order valence-corrected chi connectivity index (χ3v) is 13.1. The highest BCUT2D eigenvalue weighted by Crippen LogP contribution is 2.47. The standard InChI is InChI=1S/C36H46N5O7PS/c1-4-16-47-36(45)23(3)39-49(46,48-5-2)22-24-11-14-31-26(17-24)18-32(50-31)33(42)38-29-10-6-9-28-12-13-30(41(28)34(29)43)35(44)40-20-27(21-40)25-8-7-15-37-19-25/h7-8,11,14-15,17-19,23,27-30H,4-6,9-10,12-13,16,20-22H2,1-3H3,(H,38,42)(H,39,46)/t23-,28-,29-,30-,49?/m0/s1. The Morgan fingerprint density at radius 3 is 2.66 bits per heavy atom. The van der Waals surface area contributed by atoms with Gasteiger partial charge in [-0.25, -0.2) is 5.09 Å². The Hall–Kier alpha value is -3.64. The molecule has 1 unspecified atom stereocenters. The van der Waals surface area contributed by atoms with E-state index in [-0.39, 0.29) is 49.1 Å². The van der Waals surface area contributed by atoms with Gasteiger partial charge in [-0.05, 0) is 93.2 Å². The van der Waals surface area contributed by atoms with E-state index in [9.17, 15) is 23.7 Å². The number of hydrogen-bond donors (Lipinski definition) is 2. The summed E-state index contributed by atoms with van der Waals surface area (Å²) in [6.45, 7) is 6.97. The third-order valence-electron chi connectivity index (χ3n) is 9.75. The topological polar surface area (TPSA) is 147 Å². The molecular formula is C36H46N5O7PS. The molecule has 3 aliphatic heterocycles. The van der Waals surface area contributed by atoms with Crippen molar-refractivity contribution in [3.05, 3.63) is 64.8 Å². The number of nitrogens with one attached hydrogen (secondary N) is 2. The molecule has 3 aromatic rings. The Bertz CT molecular complexity index is 1760. The highest BCUT2D eigenvalue weighted by atomic mass is 32.1. The van der Waals surface area contributed by atoms with E-state index in [2.05, 4.69) is 15.4 Å². The van der Waals surface area contributed by atoms with Gasteiger partial charge >= 0.3 is 5.97 Å². The van der Waals surface area contributed by atoms with E-state index in [0.29, 0.717) is 37.2 Å². The molecule has 6 rings (SSSR count). The number of hydrogen-bond acceptors (Lipinski definition) is 9. The van der Waals surface area contributed by atoms with Gasteiger partial charge in [0, 0.05) is 42.1 Å². The average molecular weight is 724 g/mol. The van der Waals surface area contributed by atoms with Crippen LogP contribution in [0.5, 0.6) is 0 Å². The zero-order valence-electron chi connectivity index (χ0n) is 28.8. The third kappa shape index (κ3) is 7.96. The second-order valence-corrected chi connectivity index (χ2v) is 16.7. The molecule has 0 bridgehead atoms. The fourth-order valence-corrected chi connectivity index (χ4v) is 10.2. The van der Waals surface area contributed by atoms with Gasteiger partial charge < -0.3 is 24.4 Å². The maximum Gasteiger partial charge on any atom is 0.323 e. The summed E-state index contributed by atoms with van der Waals surface area (Å²) in [4.78, 5) is 61.7. The van der Waals surface area contributed by atoms with Crippen molar-refractivity contribution < 1.29 is 33.0 Å². The van der Waals surface area contributed by atoms with E-state index < -0.39 is 31.6 Å². The SMILES string of the molecule is CCCOC(=O)[C@H](C)NP(=O)(Cc1ccc2sc(C(=O)N[C@H]3CCC[C@H]4CC[C@@H](C(=O)N5CC(c6cccnc6)C5)N4C3=O)cc2c1)OCC. The number of likely N-dealkylation sites (tertiary alicyclic amines) is 1. The zero-order chi connectivity index (χ0) is 35.4. The van der Waals surface area contributed by atoms with Crippen molar-refractivity contribution in [1.82, 2.24) is 25.2 Å². The van der Waals surface area contributed by atoms with Gasteiger partial charge in [0.15, 0.2) is 0 Å². The van der Waals surface area contributed by atoms with E-state index in [4.69, 9.17) is 9.26 Å². The normalized spacial score (nSPS) is 22.7. The van der Waals surface area contributed by atoms with Gasteiger partial charge in [0.1, 0.15) is 18.1 Å². The van der Waals surface area contributed by atoms with Crippen molar-refractivity contribution in [2.24, 2.45) is 0 Å². The van der Waals surface area contributed by atoms with Crippen molar-refractivity contribution in [2.45, 2.75) is 95.5 Å². The lowest BCUT2D eigenvalue weighted by atomic mass is 9.92. The summed E-state index contributed by atoms with van der Waals surface area (Å²) >= 11 is 1.32. The molecule has 3 fully saturated rings. The summed E-state index contributed by atoms with van der Waals surface area (Å²) < 4.78 is 25.4. The fourth-order valence-electron chi connectivity index (χ4n) is 7.22. The Morgan fingerprint density at radius 2 is 1.92 bits per heavy atom. The smallest absolute Gasteiger partial charge is 0.323 e. The number of amides is 3. The summed E-state index contributed by atoms with van der Waals surface area (Å²) in [5.41, 5.74) is 1.84. The summed E-state index contributed by atoms with van der Waals surface area (Å²) in [5.74, 6) is -0.768. The average Bonchev–Trinajstić information content (AvgIpc) is 3.67. The molecule has 0 aliphatic carbocycles. The molecule has 0 saturated carbocycles. The van der Waals surface area contributed by atoms with Crippen LogP contribution >= 0.6 is 18.9 Å². The van der Waals surface area contributed by atoms with Crippen LogP contribution in [0.1, 0.15) is 86.0 Å². The van der Waals surface area contributed by atoms with Crippen LogP contribution in [0, 0.1) is 0 Å². The number of rotatable bonds is 13. The minimum absolute atomic E-state index is 0.00335. The van der Waals surface area contributed by atoms with E-state index in [0.717, 1.165) is 40.5 Å². The largest absolute Gasteiger partial charge is 0.465 e. The number of thiophene rings is 1. The molecule has 1 aromatic carbocycles. The number of esters is 1. The van der Waals surface area contributed by atoms with Gasteiger partial charge in [0.25, 0.3) is 13.4 Å². The van der Waals surface area contributed by atoms with Crippen LogP contribution in [0.4, 0.5) is 0 Å². The van der Waals surface area contributed by atoms with Crippen LogP contribution in [0.15, 0.2) is 48.8 Å². The number of aromatic nitrogens is 1. The summed E-state index contributed by atoms with van der Waals surface area (Å²) in [5, 5.41) is 6.65. The second-order valence-electron chi connectivity index (χ2n) is 13.4. The van der Waals surface area contributed by atoms with E-state index in [1.54, 1.807) is 31.0 Å². The van der Waals surface area contributed by atoms with Crippen molar-refractivity contribution in [3.63, 3.8) is 0 Å². The molecule has 14 heteroatoms. The molecule has 268 valence electrons. The van der Waals surface area contributed by atoms with Gasteiger partial charge in [0.05, 0.1) is 24.3 Å². The van der Waals surface area contributed by atoms with Crippen LogP contribution in [0.2, 0.25) is 0 Å². The summed E-state index contributed by atoms with van der Waals surface area (Å²) in [7, 11) is -3.45. The van der Waals surface area contributed by atoms with Crippen molar-refractivity contribution in [3.8, 4) is 0 Å². The number of nitrogens with zero attached hydrogens (tertiary/aromatic N) is 3. The number of fused-ring (bicyclic) bond motifs is 2. The molecule has 2 aromatic heterocycles. The Kier molecular flexibility index (Phi) is 11.4. The first kappa shape index (κ1) is 36.2. The van der Waals surface area contributed by atoms with Crippen molar-refractivity contribution in [1.29, 1.82) is 0 Å². The van der Waals surface area contributed by atoms with Gasteiger partial charge in [-0.2, -0.15) is 0 Å². The number of carbonyl (C=O) groups is 4. The predicted octanol–water partition coefficient (Wildman–Crippen LogP) is 5.23. The zero-order valence-corrected chi connectivity index (χ0v) is 30.5. The lowest BCUT2D eigenvalue weighted by Gasteiger charge is -2.42. The molecule has 12 nitrogen and oxygen atoms in total. The molecule has 3 saturated heterocycles. The minimum atomic E-state index is -3.45. The quantitative estimate of drug-likeness (QED) is 0.179. The van der Waals surface area contributed by atoms with Crippen LogP contribution in [-0.2, 0) is 34.4 Å². The first-order valence-electron chi connectivity index (χ1n) is 17.6. The predicted molar refractivity (Wildman–Crippen MR) is 191 cm³/mol. The van der Waals surface area contributed by atoms with Gasteiger partial charge in [-0.1, -0.05) is 19.1 Å². The first-order valence-corrected chi connectivity index (χ1v) is 20.2. The Morgan fingerprint density at radius 1 is 1.10 bits per heavy atom. The fraction of sp³-hybridized carbons (Fsp3) is 0.528. The van der Waals surface area contributed by atoms with Crippen molar-refractivity contribution >= 4 is 52.6 Å². The maximum absolute atomic E-state index is 14.0.